The van der Waals surface area contributed by atoms with Crippen molar-refractivity contribution in [3.8, 4) is 0 Å². The van der Waals surface area contributed by atoms with E-state index in [1.807, 2.05) is 13.8 Å². The molecule has 0 saturated carbocycles. The van der Waals surface area contributed by atoms with Crippen molar-refractivity contribution in [2.45, 2.75) is 19.9 Å². The lowest BCUT2D eigenvalue weighted by Crippen LogP contribution is -2.15. The summed E-state index contributed by atoms with van der Waals surface area (Å²) in [5.74, 6) is -0.303. The van der Waals surface area contributed by atoms with E-state index in [1.54, 1.807) is 29.2 Å². The van der Waals surface area contributed by atoms with Crippen molar-refractivity contribution < 1.29 is 4.79 Å². The second-order valence-electron chi connectivity index (χ2n) is 4.55. The molecule has 2 aromatic rings. The molecule has 0 fully saturated rings. The van der Waals surface area contributed by atoms with Crippen LogP contribution in [-0.2, 0) is 0 Å². The van der Waals surface area contributed by atoms with Gasteiger partial charge in [-0.25, -0.2) is 0 Å². The van der Waals surface area contributed by atoms with Gasteiger partial charge in [-0.1, -0.05) is 12.2 Å². The Hall–Kier alpha value is -2.28. The van der Waals surface area contributed by atoms with Gasteiger partial charge in [0.25, 0.3) is 5.91 Å². The van der Waals surface area contributed by atoms with Crippen molar-refractivity contribution in [2.24, 2.45) is 5.73 Å². The van der Waals surface area contributed by atoms with Crippen LogP contribution in [0.1, 0.15) is 35.9 Å². The molecule has 20 heavy (non-hydrogen) atoms. The lowest BCUT2D eigenvalue weighted by molar-refractivity contribution is 0.102. The van der Waals surface area contributed by atoms with Crippen LogP contribution in [0, 0.1) is 0 Å². The first kappa shape index (κ1) is 14.1. The lowest BCUT2D eigenvalue weighted by Gasteiger charge is -2.04. The molecule has 0 spiro atoms. The van der Waals surface area contributed by atoms with Gasteiger partial charge < -0.3 is 11.1 Å². The van der Waals surface area contributed by atoms with Crippen LogP contribution in [0.3, 0.4) is 0 Å². The molecule has 1 amide bonds. The zero-order valence-electron chi connectivity index (χ0n) is 11.2. The first-order valence-electron chi connectivity index (χ1n) is 6.08. The molecule has 0 atom stereocenters. The van der Waals surface area contributed by atoms with Gasteiger partial charge in [0.1, 0.15) is 10.7 Å². The number of pyridine rings is 1. The molecule has 2 aromatic heterocycles. The summed E-state index contributed by atoms with van der Waals surface area (Å²) < 4.78 is 1.76. The number of nitrogens with zero attached hydrogens (tertiary/aromatic N) is 3. The van der Waals surface area contributed by atoms with E-state index in [0.717, 1.165) is 0 Å². The van der Waals surface area contributed by atoms with Gasteiger partial charge in [0.2, 0.25) is 0 Å². The number of aromatic nitrogens is 3. The Bertz CT molecular complexity index is 632. The van der Waals surface area contributed by atoms with Gasteiger partial charge in [-0.05, 0) is 26.0 Å². The summed E-state index contributed by atoms with van der Waals surface area (Å²) in [5, 5.41) is 6.88. The van der Waals surface area contributed by atoms with Crippen LogP contribution in [0.15, 0.2) is 30.7 Å². The number of thiocarbonyl (C=S) groups is 1. The maximum Gasteiger partial charge on any atom is 0.274 e. The molecule has 104 valence electrons. The molecule has 0 aliphatic carbocycles. The quantitative estimate of drug-likeness (QED) is 0.837. The maximum atomic E-state index is 12.0. The highest BCUT2D eigenvalue weighted by Crippen LogP contribution is 2.11. The average molecular weight is 289 g/mol. The second-order valence-corrected chi connectivity index (χ2v) is 4.99. The van der Waals surface area contributed by atoms with Crippen LogP contribution in [-0.4, -0.2) is 25.7 Å². The number of hydrogen-bond donors (Lipinski definition) is 2. The highest BCUT2D eigenvalue weighted by atomic mass is 32.1. The zero-order chi connectivity index (χ0) is 14.7. The van der Waals surface area contributed by atoms with Crippen LogP contribution in [0.2, 0.25) is 0 Å². The highest BCUT2D eigenvalue weighted by Gasteiger charge is 2.10. The molecular weight excluding hydrogens is 274 g/mol. The summed E-state index contributed by atoms with van der Waals surface area (Å²) in [6.45, 7) is 4.02. The average Bonchev–Trinajstić information content (AvgIpc) is 2.87. The largest absolute Gasteiger partial charge is 0.389 e. The number of carbonyl (C=O) groups excluding carboxylic acids is 1. The van der Waals surface area contributed by atoms with Crippen molar-refractivity contribution in [1.29, 1.82) is 0 Å². The van der Waals surface area contributed by atoms with E-state index in [4.69, 9.17) is 18.0 Å². The minimum absolute atomic E-state index is 0.239. The molecule has 3 N–H and O–H groups in total. The Kier molecular flexibility index (Phi) is 4.09. The number of carbonyl (C=O) groups is 1. The van der Waals surface area contributed by atoms with Gasteiger partial charge in [-0.2, -0.15) is 5.10 Å². The third kappa shape index (κ3) is 3.18. The van der Waals surface area contributed by atoms with Gasteiger partial charge >= 0.3 is 0 Å². The number of nitrogens with two attached hydrogens (primary N) is 1. The standard InChI is InChI=1S/C13H15N5OS/c1-8(2)18-7-10(6-16-18)17-13(19)11-4-3-9(5-15-11)12(14)20/h3-8H,1-2H3,(H2,14,20)(H,17,19). The molecule has 2 heterocycles. The first-order valence-corrected chi connectivity index (χ1v) is 6.49. The molecule has 0 aromatic carbocycles. The van der Waals surface area contributed by atoms with E-state index in [2.05, 4.69) is 15.4 Å². The van der Waals surface area contributed by atoms with Gasteiger partial charge in [0.05, 0.1) is 11.9 Å². The van der Waals surface area contributed by atoms with Gasteiger partial charge in [-0.3, -0.25) is 14.5 Å². The van der Waals surface area contributed by atoms with Crippen molar-refractivity contribution in [2.75, 3.05) is 5.32 Å². The van der Waals surface area contributed by atoms with Gasteiger partial charge in [0, 0.05) is 24.0 Å². The Labute approximate surface area is 122 Å². The maximum absolute atomic E-state index is 12.0. The number of rotatable bonds is 4. The lowest BCUT2D eigenvalue weighted by atomic mass is 10.2. The predicted octanol–water partition coefficient (Wildman–Crippen LogP) is 1.75. The third-order valence-electron chi connectivity index (χ3n) is 2.67. The minimum Gasteiger partial charge on any atom is -0.389 e. The van der Waals surface area contributed by atoms with Crippen molar-refractivity contribution in [3.05, 3.63) is 42.0 Å². The van der Waals surface area contributed by atoms with Crippen molar-refractivity contribution >= 4 is 28.8 Å². The minimum atomic E-state index is -0.303. The smallest absolute Gasteiger partial charge is 0.274 e. The van der Waals surface area contributed by atoms with Gasteiger partial charge in [-0.15, -0.1) is 0 Å². The number of nitrogens with one attached hydrogen (secondary N) is 1. The predicted molar refractivity (Wildman–Crippen MR) is 80.7 cm³/mol. The van der Waals surface area contributed by atoms with Crippen LogP contribution >= 0.6 is 12.2 Å². The normalized spacial score (nSPS) is 10.6. The zero-order valence-corrected chi connectivity index (χ0v) is 12.0. The van der Waals surface area contributed by atoms with Gasteiger partial charge in [0.15, 0.2) is 0 Å². The second kappa shape index (κ2) is 5.79. The van der Waals surface area contributed by atoms with E-state index in [9.17, 15) is 4.79 Å². The molecule has 0 bridgehead atoms. The molecule has 0 aliphatic heterocycles. The molecule has 2 rings (SSSR count). The summed E-state index contributed by atoms with van der Waals surface area (Å²) in [7, 11) is 0. The third-order valence-corrected chi connectivity index (χ3v) is 2.90. The Balaban J connectivity index is 2.09. The van der Waals surface area contributed by atoms with Crippen LogP contribution in [0.5, 0.6) is 0 Å². The summed E-state index contributed by atoms with van der Waals surface area (Å²) in [6.07, 6.45) is 4.85. The molecule has 0 radical (unpaired) electrons. The van der Waals surface area contributed by atoms with E-state index in [1.165, 1.54) is 6.20 Å². The van der Waals surface area contributed by atoms with E-state index < -0.39 is 0 Å². The number of amides is 1. The molecule has 6 nitrogen and oxygen atoms in total. The highest BCUT2D eigenvalue weighted by molar-refractivity contribution is 7.80. The fraction of sp³-hybridized carbons (Fsp3) is 0.231. The van der Waals surface area contributed by atoms with E-state index in [0.29, 0.717) is 16.9 Å². The number of anilines is 1. The molecule has 7 heteroatoms. The topological polar surface area (TPSA) is 85.8 Å². The summed E-state index contributed by atoms with van der Waals surface area (Å²) in [4.78, 5) is 16.3. The summed E-state index contributed by atoms with van der Waals surface area (Å²) in [6, 6.07) is 3.49. The van der Waals surface area contributed by atoms with E-state index in [-0.39, 0.29) is 16.9 Å². The van der Waals surface area contributed by atoms with Crippen molar-refractivity contribution in [3.63, 3.8) is 0 Å². The molecule has 0 aliphatic rings. The number of hydrogen-bond acceptors (Lipinski definition) is 4. The summed E-state index contributed by atoms with van der Waals surface area (Å²) >= 11 is 4.83. The van der Waals surface area contributed by atoms with Crippen LogP contribution in [0.4, 0.5) is 5.69 Å². The fourth-order valence-corrected chi connectivity index (χ4v) is 1.67. The monoisotopic (exact) mass is 289 g/mol. The summed E-state index contributed by atoms with van der Waals surface area (Å²) in [5.41, 5.74) is 7.03. The SMILES string of the molecule is CC(C)n1cc(NC(=O)c2ccc(C(N)=S)cn2)cn1. The van der Waals surface area contributed by atoms with E-state index >= 15 is 0 Å². The Morgan fingerprint density at radius 2 is 2.15 bits per heavy atom. The molecular formula is C13H15N5OS. The van der Waals surface area contributed by atoms with Crippen LogP contribution < -0.4 is 11.1 Å². The fourth-order valence-electron chi connectivity index (χ4n) is 1.55. The molecule has 0 saturated heterocycles. The van der Waals surface area contributed by atoms with Crippen LogP contribution in [0.25, 0.3) is 0 Å². The first-order chi connectivity index (χ1) is 9.47. The Morgan fingerprint density at radius 1 is 1.40 bits per heavy atom. The van der Waals surface area contributed by atoms with Crippen molar-refractivity contribution in [1.82, 2.24) is 14.8 Å². The Morgan fingerprint density at radius 3 is 2.65 bits per heavy atom. The molecule has 0 unspecified atom stereocenters.